The van der Waals surface area contributed by atoms with Crippen molar-refractivity contribution in [2.45, 2.75) is 18.6 Å². The number of anilines is 1. The number of hydrogen-bond donors (Lipinski definition) is 0. The summed E-state index contributed by atoms with van der Waals surface area (Å²) >= 11 is 8.19. The summed E-state index contributed by atoms with van der Waals surface area (Å²) < 4.78 is 0.206. The first kappa shape index (κ1) is 12.8. The summed E-state index contributed by atoms with van der Waals surface area (Å²) in [6, 6.07) is 5.49. The van der Waals surface area contributed by atoms with Gasteiger partial charge in [-0.25, -0.2) is 0 Å². The third-order valence-electron chi connectivity index (χ3n) is 2.89. The maximum atomic E-state index is 11.1. The predicted octanol–water partition coefficient (Wildman–Crippen LogP) is 3.48. The van der Waals surface area contributed by atoms with E-state index < -0.39 is 0 Å². The zero-order valence-corrected chi connectivity index (χ0v) is 11.6. The molecule has 0 bridgehead atoms. The Labute approximate surface area is 111 Å². The van der Waals surface area contributed by atoms with Gasteiger partial charge >= 0.3 is 0 Å². The fourth-order valence-corrected chi connectivity index (χ4v) is 3.58. The molecule has 0 atom stereocenters. The van der Waals surface area contributed by atoms with Crippen LogP contribution >= 0.6 is 23.4 Å². The molecule has 4 heteroatoms. The number of para-hydroxylation sites is 1. The molecule has 1 aromatic carbocycles. The van der Waals surface area contributed by atoms with Crippen molar-refractivity contribution >= 4 is 35.3 Å². The highest BCUT2D eigenvalue weighted by atomic mass is 35.5. The second kappa shape index (κ2) is 4.91. The minimum atomic E-state index is 0.206. The average Bonchev–Trinajstić information content (AvgIpc) is 2.27. The number of halogens is 1. The number of nitrogens with zero attached hydrogens (tertiary/aromatic N) is 1. The highest BCUT2D eigenvalue weighted by molar-refractivity contribution is 8.00. The van der Waals surface area contributed by atoms with Crippen LogP contribution in [0.1, 0.15) is 24.2 Å². The molecule has 2 nitrogen and oxygen atoms in total. The van der Waals surface area contributed by atoms with Gasteiger partial charge in [-0.3, -0.25) is 4.79 Å². The summed E-state index contributed by atoms with van der Waals surface area (Å²) in [7, 11) is 0. The monoisotopic (exact) mass is 269 g/mol. The molecule has 0 amide bonds. The van der Waals surface area contributed by atoms with Crippen molar-refractivity contribution in [3.05, 3.63) is 28.8 Å². The molecule has 0 radical (unpaired) electrons. The van der Waals surface area contributed by atoms with Crippen LogP contribution < -0.4 is 4.90 Å². The highest BCUT2D eigenvalue weighted by Gasteiger charge is 2.29. The van der Waals surface area contributed by atoms with Crippen molar-refractivity contribution < 1.29 is 4.79 Å². The van der Waals surface area contributed by atoms with Crippen LogP contribution in [0.15, 0.2) is 18.2 Å². The molecule has 1 aromatic rings. The Balaban J connectivity index is 2.36. The van der Waals surface area contributed by atoms with Gasteiger partial charge in [0, 0.05) is 29.2 Å². The van der Waals surface area contributed by atoms with Crippen LogP contribution in [0.4, 0.5) is 5.69 Å². The Kier molecular flexibility index (Phi) is 3.69. The van der Waals surface area contributed by atoms with Gasteiger partial charge in [-0.1, -0.05) is 17.7 Å². The summed E-state index contributed by atoms with van der Waals surface area (Å²) in [4.78, 5) is 13.3. The van der Waals surface area contributed by atoms with Crippen LogP contribution in [-0.2, 0) is 0 Å². The van der Waals surface area contributed by atoms with Gasteiger partial charge in [0.1, 0.15) is 0 Å². The minimum Gasteiger partial charge on any atom is -0.368 e. The largest absolute Gasteiger partial charge is 0.368 e. The van der Waals surface area contributed by atoms with E-state index in [2.05, 4.69) is 18.7 Å². The van der Waals surface area contributed by atoms with E-state index in [0.29, 0.717) is 10.6 Å². The Morgan fingerprint density at radius 3 is 2.88 bits per heavy atom. The summed E-state index contributed by atoms with van der Waals surface area (Å²) in [5.74, 6) is 1.07. The SMILES string of the molecule is CC1(C)CN(c2c(Cl)cccc2C=O)CCS1. The summed E-state index contributed by atoms with van der Waals surface area (Å²) in [6.45, 7) is 6.31. The molecule has 0 saturated carbocycles. The predicted molar refractivity (Wildman–Crippen MR) is 75.6 cm³/mol. The molecule has 2 rings (SSSR count). The number of carbonyl (C=O) groups is 1. The number of rotatable bonds is 2. The van der Waals surface area contributed by atoms with E-state index in [1.165, 1.54) is 0 Å². The Bertz CT molecular complexity index is 433. The first-order valence-electron chi connectivity index (χ1n) is 5.66. The van der Waals surface area contributed by atoms with Crippen molar-refractivity contribution in [3.8, 4) is 0 Å². The molecule has 1 aliphatic rings. The number of benzene rings is 1. The van der Waals surface area contributed by atoms with E-state index in [9.17, 15) is 4.79 Å². The van der Waals surface area contributed by atoms with Crippen LogP contribution in [0.25, 0.3) is 0 Å². The number of carbonyl (C=O) groups excluding carboxylic acids is 1. The molecule has 1 fully saturated rings. The Morgan fingerprint density at radius 2 is 2.24 bits per heavy atom. The van der Waals surface area contributed by atoms with Crippen molar-refractivity contribution in [2.75, 3.05) is 23.7 Å². The number of hydrogen-bond acceptors (Lipinski definition) is 3. The van der Waals surface area contributed by atoms with E-state index in [0.717, 1.165) is 30.8 Å². The van der Waals surface area contributed by atoms with E-state index in [-0.39, 0.29) is 4.75 Å². The highest BCUT2D eigenvalue weighted by Crippen LogP contribution is 2.36. The lowest BCUT2D eigenvalue weighted by molar-refractivity contribution is 0.112. The van der Waals surface area contributed by atoms with Crippen molar-refractivity contribution in [1.29, 1.82) is 0 Å². The van der Waals surface area contributed by atoms with Gasteiger partial charge < -0.3 is 4.90 Å². The Morgan fingerprint density at radius 1 is 1.47 bits per heavy atom. The normalized spacial score (nSPS) is 19.1. The molecule has 1 saturated heterocycles. The van der Waals surface area contributed by atoms with Gasteiger partial charge in [-0.05, 0) is 26.0 Å². The van der Waals surface area contributed by atoms with Crippen LogP contribution in [0, 0.1) is 0 Å². The molecule has 17 heavy (non-hydrogen) atoms. The number of aldehydes is 1. The maximum absolute atomic E-state index is 11.1. The van der Waals surface area contributed by atoms with Gasteiger partial charge in [0.15, 0.2) is 6.29 Å². The molecule has 0 aromatic heterocycles. The summed E-state index contributed by atoms with van der Waals surface area (Å²) in [6.07, 6.45) is 0.885. The van der Waals surface area contributed by atoms with Crippen LogP contribution in [0.5, 0.6) is 0 Å². The Hall–Kier alpha value is -0.670. The first-order chi connectivity index (χ1) is 8.03. The zero-order valence-electron chi connectivity index (χ0n) is 10.1. The van der Waals surface area contributed by atoms with Gasteiger partial charge in [0.2, 0.25) is 0 Å². The molecule has 0 unspecified atom stereocenters. The molecular formula is C13H16ClNOS. The number of thioether (sulfide) groups is 1. The first-order valence-corrected chi connectivity index (χ1v) is 7.02. The van der Waals surface area contributed by atoms with Crippen molar-refractivity contribution in [2.24, 2.45) is 0 Å². The smallest absolute Gasteiger partial charge is 0.152 e. The summed E-state index contributed by atoms with van der Waals surface area (Å²) in [5, 5.41) is 0.664. The molecular weight excluding hydrogens is 254 g/mol. The quantitative estimate of drug-likeness (QED) is 0.767. The minimum absolute atomic E-state index is 0.206. The summed E-state index contributed by atoms with van der Waals surface area (Å²) in [5.41, 5.74) is 1.57. The van der Waals surface area contributed by atoms with Gasteiger partial charge in [-0.15, -0.1) is 0 Å². The van der Waals surface area contributed by atoms with Gasteiger partial charge in [0.05, 0.1) is 10.7 Å². The average molecular weight is 270 g/mol. The van der Waals surface area contributed by atoms with Crippen molar-refractivity contribution in [3.63, 3.8) is 0 Å². The molecule has 1 aliphatic heterocycles. The maximum Gasteiger partial charge on any atom is 0.152 e. The molecule has 0 N–H and O–H groups in total. The second-order valence-corrected chi connectivity index (χ2v) is 7.03. The molecule has 0 aliphatic carbocycles. The van der Waals surface area contributed by atoms with E-state index >= 15 is 0 Å². The van der Waals surface area contributed by atoms with E-state index in [1.54, 1.807) is 0 Å². The third kappa shape index (κ3) is 2.78. The van der Waals surface area contributed by atoms with Crippen LogP contribution in [0.2, 0.25) is 5.02 Å². The van der Waals surface area contributed by atoms with Crippen molar-refractivity contribution in [1.82, 2.24) is 0 Å². The lowest BCUT2D eigenvalue weighted by Gasteiger charge is -2.39. The zero-order chi connectivity index (χ0) is 12.5. The van der Waals surface area contributed by atoms with E-state index in [1.807, 2.05) is 30.0 Å². The van der Waals surface area contributed by atoms with E-state index in [4.69, 9.17) is 11.6 Å². The standard InChI is InChI=1S/C13H16ClNOS/c1-13(2)9-15(6-7-17-13)12-10(8-16)4-3-5-11(12)14/h3-5,8H,6-7,9H2,1-2H3. The fourth-order valence-electron chi connectivity index (χ4n) is 2.17. The molecule has 0 spiro atoms. The van der Waals surface area contributed by atoms with Gasteiger partial charge in [0.25, 0.3) is 0 Å². The van der Waals surface area contributed by atoms with Crippen LogP contribution in [0.3, 0.4) is 0 Å². The lowest BCUT2D eigenvalue weighted by Crippen LogP contribution is -2.43. The molecule has 1 heterocycles. The molecule has 92 valence electrons. The lowest BCUT2D eigenvalue weighted by atomic mass is 10.1. The van der Waals surface area contributed by atoms with Gasteiger partial charge in [-0.2, -0.15) is 11.8 Å². The second-order valence-electron chi connectivity index (χ2n) is 4.83. The van der Waals surface area contributed by atoms with Crippen LogP contribution in [-0.4, -0.2) is 29.9 Å². The topological polar surface area (TPSA) is 20.3 Å². The fraction of sp³-hybridized carbons (Fsp3) is 0.462. The third-order valence-corrected chi connectivity index (χ3v) is 4.49.